The first-order valence-electron chi connectivity index (χ1n) is 7.72. The van der Waals surface area contributed by atoms with Gasteiger partial charge in [-0.3, -0.25) is 4.79 Å². The quantitative estimate of drug-likeness (QED) is 0.701. The summed E-state index contributed by atoms with van der Waals surface area (Å²) in [5.41, 5.74) is 0. The van der Waals surface area contributed by atoms with E-state index in [1.165, 1.54) is 0 Å². The zero-order valence-electron chi connectivity index (χ0n) is 12.9. The Morgan fingerprint density at radius 2 is 2.17 bits per heavy atom. The molecule has 0 unspecified atom stereocenters. The van der Waals surface area contributed by atoms with Crippen LogP contribution in [0.25, 0.3) is 0 Å². The highest BCUT2D eigenvalue weighted by molar-refractivity contribution is 6.32. The molecule has 1 saturated heterocycles. The minimum atomic E-state index is -0.270. The van der Waals surface area contributed by atoms with Gasteiger partial charge in [-0.2, -0.15) is 0 Å². The van der Waals surface area contributed by atoms with Crippen molar-refractivity contribution >= 4 is 23.6 Å². The lowest BCUT2D eigenvalue weighted by molar-refractivity contribution is -0.121. The lowest BCUT2D eigenvalue weighted by Crippen LogP contribution is -2.30. The molecule has 7 heteroatoms. The number of hydrogen-bond donors (Lipinski definition) is 1. The predicted octanol–water partition coefficient (Wildman–Crippen LogP) is 2.46. The van der Waals surface area contributed by atoms with Crippen LogP contribution in [0.3, 0.4) is 0 Å². The van der Waals surface area contributed by atoms with Crippen molar-refractivity contribution in [2.45, 2.75) is 19.3 Å². The number of para-hydroxylation sites is 1. The largest absolute Gasteiger partial charge is 0.492 e. The Bertz CT molecular complexity index is 539. The standard InChI is InChI=1S/C16H21ClN2O4/c17-13-5-1-2-6-14(13)22-11-3-7-15(20)18-8-4-9-19-10-12-23-16(19)21/h1-2,5-6H,3-4,7-12H2,(H,18,20). The first-order valence-corrected chi connectivity index (χ1v) is 8.10. The van der Waals surface area contributed by atoms with Crippen LogP contribution in [0.2, 0.25) is 5.02 Å². The number of amides is 2. The molecule has 1 aliphatic heterocycles. The maximum atomic E-state index is 11.7. The van der Waals surface area contributed by atoms with Gasteiger partial charge in [0.05, 0.1) is 18.2 Å². The molecule has 1 fully saturated rings. The van der Waals surface area contributed by atoms with Crippen LogP contribution < -0.4 is 10.1 Å². The summed E-state index contributed by atoms with van der Waals surface area (Å²) in [6.07, 6.45) is 1.47. The van der Waals surface area contributed by atoms with Gasteiger partial charge in [0.2, 0.25) is 5.91 Å². The first-order chi connectivity index (χ1) is 11.2. The maximum absolute atomic E-state index is 11.7. The second kappa shape index (κ2) is 9.25. The summed E-state index contributed by atoms with van der Waals surface area (Å²) < 4.78 is 10.4. The third kappa shape index (κ3) is 5.98. The van der Waals surface area contributed by atoms with Crippen molar-refractivity contribution in [1.82, 2.24) is 10.2 Å². The SMILES string of the molecule is O=C(CCCOc1ccccc1Cl)NCCCN1CCOC1=O. The molecule has 23 heavy (non-hydrogen) atoms. The summed E-state index contributed by atoms with van der Waals surface area (Å²) in [6.45, 7) is 2.68. The van der Waals surface area contributed by atoms with Crippen LogP contribution in [0.1, 0.15) is 19.3 Å². The van der Waals surface area contributed by atoms with E-state index in [1.807, 2.05) is 12.1 Å². The Labute approximate surface area is 140 Å². The average molecular weight is 341 g/mol. The molecule has 0 radical (unpaired) electrons. The normalized spacial score (nSPS) is 13.8. The zero-order chi connectivity index (χ0) is 16.5. The van der Waals surface area contributed by atoms with Gasteiger partial charge in [0, 0.05) is 19.5 Å². The highest BCUT2D eigenvalue weighted by atomic mass is 35.5. The Hall–Kier alpha value is -1.95. The van der Waals surface area contributed by atoms with Gasteiger partial charge in [0.25, 0.3) is 0 Å². The monoisotopic (exact) mass is 340 g/mol. The van der Waals surface area contributed by atoms with E-state index in [0.29, 0.717) is 56.5 Å². The van der Waals surface area contributed by atoms with Gasteiger partial charge >= 0.3 is 6.09 Å². The van der Waals surface area contributed by atoms with Crippen LogP contribution in [0, 0.1) is 0 Å². The Balaban J connectivity index is 1.50. The van der Waals surface area contributed by atoms with Crippen molar-refractivity contribution in [1.29, 1.82) is 0 Å². The van der Waals surface area contributed by atoms with Gasteiger partial charge in [-0.15, -0.1) is 0 Å². The maximum Gasteiger partial charge on any atom is 0.409 e. The Morgan fingerprint density at radius 3 is 2.91 bits per heavy atom. The van der Waals surface area contributed by atoms with Crippen LogP contribution in [-0.2, 0) is 9.53 Å². The summed E-state index contributed by atoms with van der Waals surface area (Å²) in [5.74, 6) is 0.615. The third-order valence-electron chi connectivity index (χ3n) is 3.41. The molecule has 1 heterocycles. The minimum Gasteiger partial charge on any atom is -0.492 e. The highest BCUT2D eigenvalue weighted by Gasteiger charge is 2.20. The van der Waals surface area contributed by atoms with E-state index < -0.39 is 0 Å². The number of carbonyl (C=O) groups excluding carboxylic acids is 2. The number of benzene rings is 1. The summed E-state index contributed by atoms with van der Waals surface area (Å²) in [4.78, 5) is 24.5. The van der Waals surface area contributed by atoms with Crippen LogP contribution in [0.4, 0.5) is 4.79 Å². The molecule has 1 aromatic carbocycles. The zero-order valence-corrected chi connectivity index (χ0v) is 13.7. The molecule has 1 N–H and O–H groups in total. The van der Waals surface area contributed by atoms with Crippen LogP contribution in [0.15, 0.2) is 24.3 Å². The van der Waals surface area contributed by atoms with Gasteiger partial charge in [0.15, 0.2) is 0 Å². The van der Waals surface area contributed by atoms with Gasteiger partial charge in [-0.05, 0) is 25.0 Å². The van der Waals surface area contributed by atoms with Gasteiger partial charge in [-0.25, -0.2) is 4.79 Å². The van der Waals surface area contributed by atoms with E-state index in [9.17, 15) is 9.59 Å². The second-order valence-electron chi connectivity index (χ2n) is 5.19. The molecule has 0 bridgehead atoms. The minimum absolute atomic E-state index is 0.0169. The molecule has 2 amide bonds. The summed E-state index contributed by atoms with van der Waals surface area (Å²) in [5, 5.41) is 3.40. The molecular weight excluding hydrogens is 320 g/mol. The van der Waals surface area contributed by atoms with E-state index in [4.69, 9.17) is 21.1 Å². The molecule has 1 aromatic rings. The third-order valence-corrected chi connectivity index (χ3v) is 3.73. The Kier molecular flexibility index (Phi) is 7.00. The van der Waals surface area contributed by atoms with Crippen molar-refractivity contribution in [2.75, 3.05) is 32.8 Å². The summed E-state index contributed by atoms with van der Waals surface area (Å²) in [7, 11) is 0. The first kappa shape index (κ1) is 17.4. The van der Waals surface area contributed by atoms with Crippen molar-refractivity contribution in [3.8, 4) is 5.75 Å². The van der Waals surface area contributed by atoms with Crippen LogP contribution in [0.5, 0.6) is 5.75 Å². The van der Waals surface area contributed by atoms with Gasteiger partial charge < -0.3 is 19.7 Å². The second-order valence-corrected chi connectivity index (χ2v) is 5.59. The molecule has 0 spiro atoms. The molecule has 2 rings (SSSR count). The number of nitrogens with one attached hydrogen (secondary N) is 1. The number of rotatable bonds is 9. The molecule has 126 valence electrons. The number of hydrogen-bond acceptors (Lipinski definition) is 4. The van der Waals surface area contributed by atoms with E-state index in [-0.39, 0.29) is 12.0 Å². The van der Waals surface area contributed by atoms with Crippen LogP contribution >= 0.6 is 11.6 Å². The predicted molar refractivity (Wildman–Crippen MR) is 86.7 cm³/mol. The highest BCUT2D eigenvalue weighted by Crippen LogP contribution is 2.23. The summed E-state index contributed by atoms with van der Waals surface area (Å²) in [6, 6.07) is 7.25. The number of ether oxygens (including phenoxy) is 2. The fourth-order valence-corrected chi connectivity index (χ4v) is 2.38. The van der Waals surface area contributed by atoms with Crippen molar-refractivity contribution in [3.63, 3.8) is 0 Å². The number of halogens is 1. The molecular formula is C16H21ClN2O4. The molecule has 0 saturated carbocycles. The van der Waals surface area contributed by atoms with Crippen molar-refractivity contribution in [2.24, 2.45) is 0 Å². The topological polar surface area (TPSA) is 67.9 Å². The molecule has 6 nitrogen and oxygen atoms in total. The average Bonchev–Trinajstić information content (AvgIpc) is 2.95. The fourth-order valence-electron chi connectivity index (χ4n) is 2.19. The fraction of sp³-hybridized carbons (Fsp3) is 0.500. The molecule has 0 aliphatic carbocycles. The lowest BCUT2D eigenvalue weighted by atomic mass is 10.3. The summed E-state index contributed by atoms with van der Waals surface area (Å²) >= 11 is 5.97. The van der Waals surface area contributed by atoms with Crippen molar-refractivity contribution in [3.05, 3.63) is 29.3 Å². The van der Waals surface area contributed by atoms with E-state index in [1.54, 1.807) is 17.0 Å². The van der Waals surface area contributed by atoms with Gasteiger partial charge in [0.1, 0.15) is 12.4 Å². The number of cyclic esters (lactones) is 1. The smallest absolute Gasteiger partial charge is 0.409 e. The molecule has 1 aliphatic rings. The van der Waals surface area contributed by atoms with Crippen LogP contribution in [-0.4, -0.2) is 49.7 Å². The van der Waals surface area contributed by atoms with E-state index in [0.717, 1.165) is 6.42 Å². The molecule has 0 aromatic heterocycles. The number of carbonyl (C=O) groups is 2. The number of nitrogens with zero attached hydrogens (tertiary/aromatic N) is 1. The van der Waals surface area contributed by atoms with Crippen molar-refractivity contribution < 1.29 is 19.1 Å². The van der Waals surface area contributed by atoms with E-state index >= 15 is 0 Å². The Morgan fingerprint density at radius 1 is 1.35 bits per heavy atom. The lowest BCUT2D eigenvalue weighted by Gasteiger charge is -2.12. The van der Waals surface area contributed by atoms with Gasteiger partial charge in [-0.1, -0.05) is 23.7 Å². The molecule has 0 atom stereocenters. The van der Waals surface area contributed by atoms with E-state index in [2.05, 4.69) is 5.32 Å².